The van der Waals surface area contributed by atoms with Crippen LogP contribution in [0.25, 0.3) is 0 Å². The molecule has 0 bridgehead atoms. The molecule has 3 rings (SSSR count). The first-order valence-corrected chi connectivity index (χ1v) is 10.5. The van der Waals surface area contributed by atoms with Crippen molar-refractivity contribution in [1.29, 1.82) is 0 Å². The number of anilines is 1. The lowest BCUT2D eigenvalue weighted by Gasteiger charge is -2.17. The zero-order valence-electron chi connectivity index (χ0n) is 16.0. The molecule has 0 aromatic heterocycles. The maximum Gasteiger partial charge on any atom is 0.261 e. The third kappa shape index (κ3) is 4.81. The van der Waals surface area contributed by atoms with Crippen LogP contribution >= 0.6 is 0 Å². The number of rotatable bonds is 6. The molecule has 0 radical (unpaired) electrons. The molecule has 3 aromatic carbocycles. The first-order chi connectivity index (χ1) is 13.8. The maximum atomic E-state index is 13.1. The molecule has 5 nitrogen and oxygen atoms in total. The monoisotopic (exact) mass is 412 g/mol. The van der Waals surface area contributed by atoms with Gasteiger partial charge in [-0.3, -0.25) is 9.52 Å². The Morgan fingerprint density at radius 2 is 1.59 bits per heavy atom. The molecule has 0 unspecified atom stereocenters. The second-order valence-electron chi connectivity index (χ2n) is 6.64. The van der Waals surface area contributed by atoms with Crippen LogP contribution in [0, 0.1) is 12.7 Å². The topological polar surface area (TPSA) is 75.3 Å². The highest BCUT2D eigenvalue weighted by atomic mass is 32.2. The Balaban J connectivity index is 1.81. The van der Waals surface area contributed by atoms with Gasteiger partial charge < -0.3 is 5.32 Å². The van der Waals surface area contributed by atoms with Gasteiger partial charge in [-0.1, -0.05) is 36.4 Å². The van der Waals surface area contributed by atoms with E-state index in [4.69, 9.17) is 0 Å². The molecule has 0 saturated heterocycles. The van der Waals surface area contributed by atoms with E-state index in [-0.39, 0.29) is 22.7 Å². The first-order valence-electron chi connectivity index (χ1n) is 9.02. The van der Waals surface area contributed by atoms with Crippen LogP contribution in [0.4, 0.5) is 10.1 Å². The van der Waals surface area contributed by atoms with E-state index in [1.807, 2.05) is 0 Å². The zero-order valence-corrected chi connectivity index (χ0v) is 16.8. The van der Waals surface area contributed by atoms with Crippen molar-refractivity contribution in [3.8, 4) is 0 Å². The molecule has 0 aliphatic carbocycles. The summed E-state index contributed by atoms with van der Waals surface area (Å²) >= 11 is 0. The van der Waals surface area contributed by atoms with Crippen LogP contribution in [-0.4, -0.2) is 14.3 Å². The molecule has 0 aliphatic heterocycles. The van der Waals surface area contributed by atoms with Gasteiger partial charge in [0, 0.05) is 5.56 Å². The second-order valence-corrected chi connectivity index (χ2v) is 8.33. The molecule has 150 valence electrons. The lowest BCUT2D eigenvalue weighted by atomic mass is 10.0. The number of nitrogens with one attached hydrogen (secondary N) is 2. The Morgan fingerprint density at radius 3 is 2.24 bits per heavy atom. The van der Waals surface area contributed by atoms with E-state index in [0.29, 0.717) is 16.8 Å². The van der Waals surface area contributed by atoms with Gasteiger partial charge in [0.2, 0.25) is 0 Å². The maximum absolute atomic E-state index is 13.1. The van der Waals surface area contributed by atoms with Crippen LogP contribution in [0.15, 0.2) is 77.7 Å². The van der Waals surface area contributed by atoms with Crippen molar-refractivity contribution in [1.82, 2.24) is 5.32 Å². The van der Waals surface area contributed by atoms with Gasteiger partial charge in [0.1, 0.15) is 5.82 Å². The van der Waals surface area contributed by atoms with E-state index < -0.39 is 10.0 Å². The van der Waals surface area contributed by atoms with Crippen molar-refractivity contribution < 1.29 is 17.6 Å². The molecule has 1 atom stereocenters. The Bertz CT molecular complexity index is 1110. The Morgan fingerprint density at radius 1 is 0.931 bits per heavy atom. The van der Waals surface area contributed by atoms with Crippen LogP contribution in [0.2, 0.25) is 0 Å². The fraction of sp³-hybridized carbons (Fsp3) is 0.136. The normalized spacial score (nSPS) is 12.2. The number of hydrogen-bond donors (Lipinski definition) is 2. The lowest BCUT2D eigenvalue weighted by molar-refractivity contribution is 0.0939. The van der Waals surface area contributed by atoms with Crippen LogP contribution < -0.4 is 10.0 Å². The summed E-state index contributed by atoms with van der Waals surface area (Å²) in [5.41, 5.74) is 1.96. The van der Waals surface area contributed by atoms with Crippen molar-refractivity contribution >= 4 is 21.6 Å². The minimum atomic E-state index is -3.77. The smallest absolute Gasteiger partial charge is 0.261 e. The molecule has 7 heteroatoms. The molecular formula is C22H21FN2O3S. The molecule has 0 fully saturated rings. The van der Waals surface area contributed by atoms with Gasteiger partial charge in [-0.25, -0.2) is 12.8 Å². The molecule has 1 amide bonds. The van der Waals surface area contributed by atoms with Crippen molar-refractivity contribution in [3.63, 3.8) is 0 Å². The summed E-state index contributed by atoms with van der Waals surface area (Å²) in [5, 5.41) is 2.86. The summed E-state index contributed by atoms with van der Waals surface area (Å²) < 4.78 is 40.8. The number of sulfonamides is 1. The summed E-state index contributed by atoms with van der Waals surface area (Å²) in [6.07, 6.45) is 0. The van der Waals surface area contributed by atoms with Crippen LogP contribution in [0.1, 0.15) is 34.5 Å². The highest BCUT2D eigenvalue weighted by Crippen LogP contribution is 2.23. The predicted octanol–water partition coefficient (Wildman–Crippen LogP) is 4.43. The van der Waals surface area contributed by atoms with Crippen molar-refractivity contribution in [2.75, 3.05) is 4.72 Å². The van der Waals surface area contributed by atoms with E-state index in [1.165, 1.54) is 24.3 Å². The number of carbonyl (C=O) groups excluding carboxylic acids is 1. The molecule has 0 heterocycles. The largest absolute Gasteiger partial charge is 0.346 e. The van der Waals surface area contributed by atoms with Crippen molar-refractivity contribution in [2.24, 2.45) is 0 Å². The summed E-state index contributed by atoms with van der Waals surface area (Å²) in [6.45, 7) is 3.47. The Labute approximate surface area is 169 Å². The summed E-state index contributed by atoms with van der Waals surface area (Å²) in [6, 6.07) is 18.4. The highest BCUT2D eigenvalue weighted by Gasteiger charge is 2.19. The fourth-order valence-corrected chi connectivity index (χ4v) is 4.05. The lowest BCUT2D eigenvalue weighted by Crippen LogP contribution is -2.27. The molecular weight excluding hydrogens is 391 g/mol. The summed E-state index contributed by atoms with van der Waals surface area (Å²) in [7, 11) is -3.77. The second kappa shape index (κ2) is 8.45. The van der Waals surface area contributed by atoms with Crippen molar-refractivity contribution in [2.45, 2.75) is 24.8 Å². The standard InChI is InChI=1S/C22H21FN2O3S/c1-15-20(22(26)24-16(2)17-11-13-18(23)14-12-17)9-6-10-21(15)25-29(27,28)19-7-4-3-5-8-19/h3-14,16,25H,1-2H3,(H,24,26)/t16-/m1/s1. The van der Waals surface area contributed by atoms with Gasteiger partial charge in [0.05, 0.1) is 16.6 Å². The van der Waals surface area contributed by atoms with Gasteiger partial charge in [-0.15, -0.1) is 0 Å². The highest BCUT2D eigenvalue weighted by molar-refractivity contribution is 7.92. The van der Waals surface area contributed by atoms with E-state index in [1.54, 1.807) is 62.4 Å². The summed E-state index contributed by atoms with van der Waals surface area (Å²) in [4.78, 5) is 12.9. The number of hydrogen-bond acceptors (Lipinski definition) is 3. The average molecular weight is 412 g/mol. The van der Waals surface area contributed by atoms with Crippen LogP contribution in [0.3, 0.4) is 0 Å². The fourth-order valence-electron chi connectivity index (χ4n) is 2.90. The van der Waals surface area contributed by atoms with Crippen LogP contribution in [-0.2, 0) is 10.0 Å². The third-order valence-electron chi connectivity index (χ3n) is 4.59. The number of benzene rings is 3. The van der Waals surface area contributed by atoms with E-state index in [2.05, 4.69) is 10.0 Å². The van der Waals surface area contributed by atoms with Gasteiger partial charge in [-0.2, -0.15) is 0 Å². The summed E-state index contributed by atoms with van der Waals surface area (Å²) in [5.74, 6) is -0.693. The predicted molar refractivity (Wildman–Crippen MR) is 111 cm³/mol. The van der Waals surface area contributed by atoms with Gasteiger partial charge in [0.15, 0.2) is 0 Å². The van der Waals surface area contributed by atoms with Gasteiger partial charge in [-0.05, 0) is 61.4 Å². The van der Waals surface area contributed by atoms with E-state index >= 15 is 0 Å². The van der Waals surface area contributed by atoms with Gasteiger partial charge in [0.25, 0.3) is 15.9 Å². The molecule has 3 aromatic rings. The van der Waals surface area contributed by atoms with Crippen molar-refractivity contribution in [3.05, 3.63) is 95.3 Å². The number of carbonyl (C=O) groups is 1. The number of amides is 1. The number of halogens is 1. The quantitative estimate of drug-likeness (QED) is 0.629. The molecule has 0 saturated carbocycles. The SMILES string of the molecule is Cc1c(NS(=O)(=O)c2ccccc2)cccc1C(=O)N[C@H](C)c1ccc(F)cc1. The average Bonchev–Trinajstić information content (AvgIpc) is 2.70. The van der Waals surface area contributed by atoms with E-state index in [9.17, 15) is 17.6 Å². The first kappa shape index (κ1) is 20.5. The van der Waals surface area contributed by atoms with E-state index in [0.717, 1.165) is 5.56 Å². The Kier molecular flexibility index (Phi) is 5.98. The molecule has 29 heavy (non-hydrogen) atoms. The Hall–Kier alpha value is -3.19. The minimum Gasteiger partial charge on any atom is -0.346 e. The molecule has 2 N–H and O–H groups in total. The third-order valence-corrected chi connectivity index (χ3v) is 5.98. The molecule has 0 aliphatic rings. The van der Waals surface area contributed by atoms with Crippen LogP contribution in [0.5, 0.6) is 0 Å². The zero-order chi connectivity index (χ0) is 21.0. The minimum absolute atomic E-state index is 0.138. The molecule has 0 spiro atoms. The van der Waals surface area contributed by atoms with Gasteiger partial charge >= 0.3 is 0 Å².